The van der Waals surface area contributed by atoms with E-state index in [2.05, 4.69) is 11.9 Å². The van der Waals surface area contributed by atoms with Gasteiger partial charge in [0.05, 0.1) is 5.56 Å². The van der Waals surface area contributed by atoms with Crippen LogP contribution in [-0.4, -0.2) is 36.1 Å². The van der Waals surface area contributed by atoms with Crippen molar-refractivity contribution in [2.45, 2.75) is 44.6 Å². The van der Waals surface area contributed by atoms with E-state index >= 15 is 0 Å². The van der Waals surface area contributed by atoms with Crippen LogP contribution in [-0.2, 0) is 0 Å². The predicted molar refractivity (Wildman–Crippen MR) is 91.9 cm³/mol. The zero-order valence-corrected chi connectivity index (χ0v) is 13.7. The van der Waals surface area contributed by atoms with Crippen LogP contribution in [0.2, 0.25) is 0 Å². The summed E-state index contributed by atoms with van der Waals surface area (Å²) in [6.45, 7) is 1.61. The van der Waals surface area contributed by atoms with Gasteiger partial charge >= 0.3 is 0 Å². The summed E-state index contributed by atoms with van der Waals surface area (Å²) >= 11 is 5.06. The lowest BCUT2D eigenvalue weighted by Gasteiger charge is -2.27. The monoisotopic (exact) mass is 306 g/mol. The molecule has 2 N–H and O–H groups in total. The van der Waals surface area contributed by atoms with Gasteiger partial charge in [0.2, 0.25) is 0 Å². The fraction of sp³-hybridized carbons (Fsp3) is 0.588. The number of ether oxygens (including phenoxy) is 1. The van der Waals surface area contributed by atoms with Gasteiger partial charge in [0.1, 0.15) is 17.3 Å². The highest BCUT2D eigenvalue weighted by molar-refractivity contribution is 7.80. The third kappa shape index (κ3) is 4.97. The maximum atomic E-state index is 5.88. The van der Waals surface area contributed by atoms with Crippen LogP contribution in [0.3, 0.4) is 0 Å². The first kappa shape index (κ1) is 16.2. The van der Waals surface area contributed by atoms with Crippen molar-refractivity contribution < 1.29 is 4.74 Å². The number of hydrogen-bond acceptors (Lipinski definition) is 3. The van der Waals surface area contributed by atoms with Crippen molar-refractivity contribution >= 4 is 17.2 Å². The maximum absolute atomic E-state index is 5.88. The largest absolute Gasteiger partial charge is 0.492 e. The Morgan fingerprint density at radius 3 is 2.57 bits per heavy atom. The highest BCUT2D eigenvalue weighted by Gasteiger charge is 2.16. The molecule has 0 radical (unpaired) electrons. The zero-order valence-electron chi connectivity index (χ0n) is 12.9. The molecule has 1 aliphatic carbocycles. The number of nitrogens with zero attached hydrogens (tertiary/aromatic N) is 1. The molecule has 0 heterocycles. The molecule has 0 spiro atoms. The molecule has 1 aromatic rings. The molecule has 1 aromatic carbocycles. The molecule has 4 heteroatoms. The third-order valence-electron chi connectivity index (χ3n) is 4.30. The van der Waals surface area contributed by atoms with Gasteiger partial charge in [-0.1, -0.05) is 50.0 Å². The smallest absolute Gasteiger partial charge is 0.129 e. The molecule has 1 fully saturated rings. The van der Waals surface area contributed by atoms with Crippen molar-refractivity contribution in [1.29, 1.82) is 0 Å². The van der Waals surface area contributed by atoms with Crippen LogP contribution in [0, 0.1) is 0 Å². The molecule has 1 aliphatic rings. The molecule has 1 saturated carbocycles. The Hall–Kier alpha value is -1.13. The van der Waals surface area contributed by atoms with E-state index in [1.54, 1.807) is 0 Å². The Balaban J connectivity index is 1.82. The zero-order chi connectivity index (χ0) is 15.1. The lowest BCUT2D eigenvalue weighted by molar-refractivity contribution is 0.178. The van der Waals surface area contributed by atoms with E-state index in [-0.39, 0.29) is 0 Å². The van der Waals surface area contributed by atoms with Gasteiger partial charge in [-0.2, -0.15) is 0 Å². The van der Waals surface area contributed by atoms with Crippen molar-refractivity contribution in [3.05, 3.63) is 29.8 Å². The maximum Gasteiger partial charge on any atom is 0.129 e. The number of nitrogens with two attached hydrogens (primary N) is 1. The van der Waals surface area contributed by atoms with Crippen molar-refractivity contribution in [2.24, 2.45) is 5.73 Å². The van der Waals surface area contributed by atoms with Gasteiger partial charge in [-0.15, -0.1) is 0 Å². The molecule has 0 aromatic heterocycles. The summed E-state index contributed by atoms with van der Waals surface area (Å²) in [5, 5.41) is 0. The second-order valence-corrected chi connectivity index (χ2v) is 6.27. The first-order valence-corrected chi connectivity index (χ1v) is 8.31. The Morgan fingerprint density at radius 2 is 1.90 bits per heavy atom. The average Bonchev–Trinajstić information content (AvgIpc) is 2.76. The minimum Gasteiger partial charge on any atom is -0.492 e. The Morgan fingerprint density at radius 1 is 1.24 bits per heavy atom. The van der Waals surface area contributed by atoms with Crippen LogP contribution >= 0.6 is 12.2 Å². The fourth-order valence-corrected chi connectivity index (χ4v) is 3.15. The molecule has 0 amide bonds. The number of rotatable bonds is 6. The summed E-state index contributed by atoms with van der Waals surface area (Å²) in [6.07, 6.45) is 8.14. The number of benzene rings is 1. The molecule has 21 heavy (non-hydrogen) atoms. The molecular weight excluding hydrogens is 280 g/mol. The van der Waals surface area contributed by atoms with Gasteiger partial charge < -0.3 is 15.4 Å². The van der Waals surface area contributed by atoms with Crippen molar-refractivity contribution in [3.63, 3.8) is 0 Å². The Bertz CT molecular complexity index is 456. The van der Waals surface area contributed by atoms with Gasteiger partial charge in [0, 0.05) is 12.6 Å². The van der Waals surface area contributed by atoms with Crippen LogP contribution in [0.15, 0.2) is 24.3 Å². The second-order valence-electron chi connectivity index (χ2n) is 5.83. The van der Waals surface area contributed by atoms with Gasteiger partial charge in [-0.3, -0.25) is 0 Å². The van der Waals surface area contributed by atoms with Crippen LogP contribution in [0.25, 0.3) is 0 Å². The highest BCUT2D eigenvalue weighted by Crippen LogP contribution is 2.21. The van der Waals surface area contributed by atoms with Crippen molar-refractivity contribution in [2.75, 3.05) is 20.2 Å². The second kappa shape index (κ2) is 8.35. The molecule has 3 nitrogen and oxygen atoms in total. The molecule has 0 aliphatic heterocycles. The molecule has 0 saturated heterocycles. The van der Waals surface area contributed by atoms with Gasteiger partial charge in [0.25, 0.3) is 0 Å². The van der Waals surface area contributed by atoms with Crippen LogP contribution in [0.4, 0.5) is 0 Å². The van der Waals surface area contributed by atoms with Gasteiger partial charge in [-0.25, -0.2) is 0 Å². The molecular formula is C17H26N2OS. The first-order chi connectivity index (χ1) is 10.2. The van der Waals surface area contributed by atoms with E-state index in [1.807, 2.05) is 24.3 Å². The van der Waals surface area contributed by atoms with E-state index < -0.39 is 0 Å². The quantitative estimate of drug-likeness (QED) is 0.646. The van der Waals surface area contributed by atoms with E-state index in [1.165, 1.54) is 38.5 Å². The van der Waals surface area contributed by atoms with Crippen LogP contribution < -0.4 is 10.5 Å². The summed E-state index contributed by atoms with van der Waals surface area (Å²) < 4.78 is 5.88. The lowest BCUT2D eigenvalue weighted by atomic mass is 10.1. The summed E-state index contributed by atoms with van der Waals surface area (Å²) in [4.78, 5) is 2.83. The Kier molecular flexibility index (Phi) is 6.46. The summed E-state index contributed by atoms with van der Waals surface area (Å²) in [6, 6.07) is 8.43. The van der Waals surface area contributed by atoms with E-state index in [0.717, 1.165) is 17.9 Å². The minimum atomic E-state index is 0.391. The predicted octanol–water partition coefficient (Wildman–Crippen LogP) is 3.35. The third-order valence-corrected chi connectivity index (χ3v) is 4.52. The van der Waals surface area contributed by atoms with Crippen molar-refractivity contribution in [1.82, 2.24) is 4.90 Å². The van der Waals surface area contributed by atoms with Crippen LogP contribution in [0.5, 0.6) is 5.75 Å². The topological polar surface area (TPSA) is 38.5 Å². The molecule has 116 valence electrons. The average molecular weight is 306 g/mol. The Labute approximate surface area is 133 Å². The summed E-state index contributed by atoms with van der Waals surface area (Å²) in [5.41, 5.74) is 6.55. The molecule has 2 rings (SSSR count). The van der Waals surface area contributed by atoms with E-state index in [0.29, 0.717) is 17.6 Å². The highest BCUT2D eigenvalue weighted by atomic mass is 32.1. The van der Waals surface area contributed by atoms with E-state index in [9.17, 15) is 0 Å². The summed E-state index contributed by atoms with van der Waals surface area (Å²) in [5.74, 6) is 0.791. The number of thiocarbonyl (C=S) groups is 1. The molecule has 0 atom stereocenters. The molecule has 0 bridgehead atoms. The normalized spacial score (nSPS) is 16.7. The summed E-state index contributed by atoms with van der Waals surface area (Å²) in [7, 11) is 2.21. The number of likely N-dealkylation sites (N-methyl/N-ethyl adjacent to an activating group) is 1. The lowest BCUT2D eigenvalue weighted by Crippen LogP contribution is -2.34. The minimum absolute atomic E-state index is 0.391. The number of para-hydroxylation sites is 1. The van der Waals surface area contributed by atoms with E-state index in [4.69, 9.17) is 22.7 Å². The molecule has 0 unspecified atom stereocenters. The van der Waals surface area contributed by atoms with Crippen molar-refractivity contribution in [3.8, 4) is 5.75 Å². The van der Waals surface area contributed by atoms with Gasteiger partial charge in [-0.05, 0) is 32.0 Å². The number of hydrogen-bond donors (Lipinski definition) is 1. The SMILES string of the molecule is CN(CCOc1ccccc1C(N)=S)C1CCCCCC1. The van der Waals surface area contributed by atoms with Crippen LogP contribution in [0.1, 0.15) is 44.1 Å². The standard InChI is InChI=1S/C17H26N2OS/c1-19(14-8-4-2-3-5-9-14)12-13-20-16-11-7-6-10-15(16)17(18)21/h6-7,10-11,14H,2-5,8-9,12-13H2,1H3,(H2,18,21). The fourth-order valence-electron chi connectivity index (χ4n) is 2.98. The van der Waals surface area contributed by atoms with Gasteiger partial charge in [0.15, 0.2) is 0 Å². The first-order valence-electron chi connectivity index (χ1n) is 7.90.